The van der Waals surface area contributed by atoms with Crippen LogP contribution in [-0.4, -0.2) is 38.7 Å². The molecule has 0 aliphatic heterocycles. The Labute approximate surface area is 162 Å². The number of hydrogen-bond donors (Lipinski definition) is 2. The minimum absolute atomic E-state index is 0.142. The number of ether oxygens (including phenoxy) is 3. The predicted molar refractivity (Wildman–Crippen MR) is 101 cm³/mol. The van der Waals surface area contributed by atoms with Gasteiger partial charge in [-0.25, -0.2) is 9.59 Å². The quantitative estimate of drug-likeness (QED) is 0.709. The molecule has 1 atom stereocenters. The molecule has 0 aliphatic rings. The van der Waals surface area contributed by atoms with Gasteiger partial charge in [0.05, 0.1) is 19.8 Å². The molecule has 0 heterocycles. The van der Waals surface area contributed by atoms with Crippen LogP contribution in [0.4, 0.5) is 4.79 Å². The number of carbonyl (C=O) groups excluding carboxylic acids is 3. The van der Waals surface area contributed by atoms with Crippen LogP contribution in [0.15, 0.2) is 48.5 Å². The number of methoxy groups -OCH3 is 2. The molecule has 3 amide bonds. The molecule has 0 saturated heterocycles. The summed E-state index contributed by atoms with van der Waals surface area (Å²) in [4.78, 5) is 36.9. The van der Waals surface area contributed by atoms with E-state index in [2.05, 4.69) is 10.6 Å². The van der Waals surface area contributed by atoms with E-state index in [9.17, 15) is 14.4 Å². The molecule has 28 heavy (non-hydrogen) atoms. The smallest absolute Gasteiger partial charge is 0.339 e. The van der Waals surface area contributed by atoms with Crippen molar-refractivity contribution in [3.8, 4) is 11.5 Å². The summed E-state index contributed by atoms with van der Waals surface area (Å²) in [5.74, 6) is -0.735. The average molecular weight is 386 g/mol. The van der Waals surface area contributed by atoms with Gasteiger partial charge in [-0.2, -0.15) is 0 Å². The lowest BCUT2D eigenvalue weighted by Crippen LogP contribution is -2.42. The van der Waals surface area contributed by atoms with Gasteiger partial charge >= 0.3 is 12.0 Å². The fourth-order valence-corrected chi connectivity index (χ4v) is 2.38. The molecular weight excluding hydrogens is 364 g/mol. The van der Waals surface area contributed by atoms with E-state index >= 15 is 0 Å². The molecule has 0 radical (unpaired) electrons. The van der Waals surface area contributed by atoms with Gasteiger partial charge in [0.2, 0.25) is 6.10 Å². The first-order valence-electron chi connectivity index (χ1n) is 8.56. The molecule has 0 aromatic heterocycles. The van der Waals surface area contributed by atoms with Crippen molar-refractivity contribution in [2.75, 3.05) is 20.8 Å². The van der Waals surface area contributed by atoms with Crippen LogP contribution in [0.3, 0.4) is 0 Å². The zero-order valence-corrected chi connectivity index (χ0v) is 15.9. The van der Waals surface area contributed by atoms with E-state index in [0.29, 0.717) is 23.6 Å². The van der Waals surface area contributed by atoms with Crippen LogP contribution < -0.4 is 20.1 Å². The fourth-order valence-electron chi connectivity index (χ4n) is 2.38. The number of hydrogen-bond acceptors (Lipinski definition) is 6. The molecule has 2 aromatic rings. The highest BCUT2D eigenvalue weighted by atomic mass is 16.5. The van der Waals surface area contributed by atoms with E-state index in [1.807, 2.05) is 0 Å². The second kappa shape index (κ2) is 9.96. The van der Waals surface area contributed by atoms with Gasteiger partial charge in [-0.3, -0.25) is 10.1 Å². The highest BCUT2D eigenvalue weighted by molar-refractivity contribution is 5.99. The number of nitrogens with one attached hydrogen (secondary N) is 2. The second-order valence-electron chi connectivity index (χ2n) is 5.65. The molecule has 0 bridgehead atoms. The van der Waals surface area contributed by atoms with Gasteiger partial charge < -0.3 is 19.5 Å². The molecule has 2 rings (SSSR count). The van der Waals surface area contributed by atoms with Crippen LogP contribution in [0.2, 0.25) is 0 Å². The lowest BCUT2D eigenvalue weighted by atomic mass is 10.1. The van der Waals surface area contributed by atoms with Crippen molar-refractivity contribution in [2.24, 2.45) is 0 Å². The topological polar surface area (TPSA) is 103 Å². The molecule has 2 aromatic carbocycles. The van der Waals surface area contributed by atoms with Crippen LogP contribution in [0.1, 0.15) is 28.9 Å². The van der Waals surface area contributed by atoms with Crippen molar-refractivity contribution in [3.05, 3.63) is 59.7 Å². The Morgan fingerprint density at radius 2 is 1.57 bits per heavy atom. The summed E-state index contributed by atoms with van der Waals surface area (Å²) in [7, 11) is 2.91. The highest BCUT2D eigenvalue weighted by Gasteiger charge is 2.27. The van der Waals surface area contributed by atoms with Crippen LogP contribution in [0, 0.1) is 0 Å². The van der Waals surface area contributed by atoms with Crippen LogP contribution in [0.25, 0.3) is 0 Å². The summed E-state index contributed by atoms with van der Waals surface area (Å²) in [6, 6.07) is 12.3. The maximum atomic E-state index is 12.7. The largest absolute Gasteiger partial charge is 0.497 e. The zero-order valence-electron chi connectivity index (χ0n) is 15.9. The summed E-state index contributed by atoms with van der Waals surface area (Å²) in [6.45, 7) is 2.06. The molecule has 0 fully saturated rings. The normalized spacial score (nSPS) is 11.1. The number of rotatable bonds is 7. The molecule has 0 spiro atoms. The predicted octanol–water partition coefficient (Wildman–Crippen LogP) is 2.45. The number of amides is 3. The van der Waals surface area contributed by atoms with Gasteiger partial charge in [0.1, 0.15) is 11.5 Å². The molecule has 0 saturated carbocycles. The zero-order chi connectivity index (χ0) is 20.5. The summed E-state index contributed by atoms with van der Waals surface area (Å²) >= 11 is 0. The van der Waals surface area contributed by atoms with E-state index < -0.39 is 24.0 Å². The van der Waals surface area contributed by atoms with Crippen molar-refractivity contribution in [2.45, 2.75) is 13.0 Å². The minimum atomic E-state index is -1.31. The van der Waals surface area contributed by atoms with Crippen LogP contribution >= 0.6 is 0 Å². The van der Waals surface area contributed by atoms with Gasteiger partial charge in [0, 0.05) is 18.2 Å². The maximum absolute atomic E-state index is 12.7. The Bertz CT molecular complexity index is 816. The van der Waals surface area contributed by atoms with Gasteiger partial charge in [0.25, 0.3) is 5.91 Å². The molecule has 0 aliphatic carbocycles. The SMILES string of the molecule is CCNC(=O)NC(=O)[C@H](OC(=O)c1cc(OC)cc(OC)c1)c1ccccc1. The molecule has 8 nitrogen and oxygen atoms in total. The third kappa shape index (κ3) is 5.47. The summed E-state index contributed by atoms with van der Waals surface area (Å²) in [6.07, 6.45) is -1.31. The highest BCUT2D eigenvalue weighted by Crippen LogP contribution is 2.25. The Hall–Kier alpha value is -3.55. The number of benzene rings is 2. The van der Waals surface area contributed by atoms with E-state index in [4.69, 9.17) is 14.2 Å². The summed E-state index contributed by atoms with van der Waals surface area (Å²) in [5, 5.41) is 4.62. The third-order valence-corrected chi connectivity index (χ3v) is 3.73. The standard InChI is InChI=1S/C20H22N2O6/c1-4-21-20(25)22-18(23)17(13-8-6-5-7-9-13)28-19(24)14-10-15(26-2)12-16(11-14)27-3/h5-12,17H,4H2,1-3H3,(H2,21,22,23,25)/t17-/m1/s1. The number of carbonyl (C=O) groups is 3. The number of urea groups is 1. The third-order valence-electron chi connectivity index (χ3n) is 3.73. The van der Waals surface area contributed by atoms with Crippen molar-refractivity contribution in [3.63, 3.8) is 0 Å². The van der Waals surface area contributed by atoms with Gasteiger partial charge in [-0.05, 0) is 19.1 Å². The van der Waals surface area contributed by atoms with E-state index in [0.717, 1.165) is 0 Å². The van der Waals surface area contributed by atoms with Gasteiger partial charge in [-0.15, -0.1) is 0 Å². The lowest BCUT2D eigenvalue weighted by molar-refractivity contribution is -0.129. The summed E-state index contributed by atoms with van der Waals surface area (Å²) in [5.41, 5.74) is 0.565. The Morgan fingerprint density at radius 3 is 2.11 bits per heavy atom. The van der Waals surface area contributed by atoms with Crippen molar-refractivity contribution < 1.29 is 28.6 Å². The van der Waals surface area contributed by atoms with Crippen molar-refractivity contribution in [1.82, 2.24) is 10.6 Å². The van der Waals surface area contributed by atoms with Crippen molar-refractivity contribution >= 4 is 17.9 Å². The fraction of sp³-hybridized carbons (Fsp3) is 0.250. The van der Waals surface area contributed by atoms with Gasteiger partial charge in [-0.1, -0.05) is 30.3 Å². The van der Waals surface area contributed by atoms with Crippen LogP contribution in [0.5, 0.6) is 11.5 Å². The first-order chi connectivity index (χ1) is 13.5. The van der Waals surface area contributed by atoms with Crippen molar-refractivity contribution in [1.29, 1.82) is 0 Å². The minimum Gasteiger partial charge on any atom is -0.497 e. The van der Waals surface area contributed by atoms with E-state index in [1.165, 1.54) is 26.4 Å². The number of esters is 1. The van der Waals surface area contributed by atoms with Crippen LogP contribution in [-0.2, 0) is 9.53 Å². The molecular formula is C20H22N2O6. The second-order valence-corrected chi connectivity index (χ2v) is 5.65. The first-order valence-corrected chi connectivity index (χ1v) is 8.56. The maximum Gasteiger partial charge on any atom is 0.339 e. The Balaban J connectivity index is 2.28. The first kappa shape index (κ1) is 20.8. The van der Waals surface area contributed by atoms with Gasteiger partial charge in [0.15, 0.2) is 0 Å². The molecule has 8 heteroatoms. The Kier molecular flexibility index (Phi) is 7.38. The lowest BCUT2D eigenvalue weighted by Gasteiger charge is -2.18. The number of imide groups is 1. The average Bonchev–Trinajstić information content (AvgIpc) is 2.71. The summed E-state index contributed by atoms with van der Waals surface area (Å²) < 4.78 is 15.7. The molecule has 148 valence electrons. The molecule has 0 unspecified atom stereocenters. The molecule has 2 N–H and O–H groups in total. The van der Waals surface area contributed by atoms with E-state index in [-0.39, 0.29) is 5.56 Å². The Morgan fingerprint density at radius 1 is 0.964 bits per heavy atom. The monoisotopic (exact) mass is 386 g/mol. The van der Waals surface area contributed by atoms with E-state index in [1.54, 1.807) is 43.3 Å².